The molecule has 0 aromatic heterocycles. The van der Waals surface area contributed by atoms with E-state index >= 15 is 0 Å². The van der Waals surface area contributed by atoms with Gasteiger partial charge in [-0.15, -0.1) is 0 Å². The van der Waals surface area contributed by atoms with Crippen molar-refractivity contribution in [3.05, 3.63) is 0 Å². The molecule has 0 unspecified atom stereocenters. The molecule has 0 spiro atoms. The van der Waals surface area contributed by atoms with Gasteiger partial charge in [0, 0.05) is 25.7 Å². The van der Waals surface area contributed by atoms with E-state index < -0.39 is 9.84 Å². The molecular formula is C14H28N2O3S. The lowest BCUT2D eigenvalue weighted by atomic mass is 10.0. The summed E-state index contributed by atoms with van der Waals surface area (Å²) in [7, 11) is -2.75. The highest BCUT2D eigenvalue weighted by Crippen LogP contribution is 2.18. The second-order valence-electron chi connectivity index (χ2n) is 6.18. The summed E-state index contributed by atoms with van der Waals surface area (Å²) in [5, 5.41) is 0. The summed E-state index contributed by atoms with van der Waals surface area (Å²) in [5.74, 6) is 0.685. The molecule has 2 fully saturated rings. The molecule has 0 atom stereocenters. The Bertz CT molecular complexity index is 375. The van der Waals surface area contributed by atoms with Gasteiger partial charge in [0.05, 0.1) is 24.2 Å². The van der Waals surface area contributed by atoms with Crippen molar-refractivity contribution in [2.45, 2.75) is 38.8 Å². The summed E-state index contributed by atoms with van der Waals surface area (Å²) in [6.45, 7) is 9.62. The Balaban J connectivity index is 1.67. The van der Waals surface area contributed by atoms with Crippen LogP contribution in [-0.2, 0) is 14.6 Å². The zero-order valence-corrected chi connectivity index (χ0v) is 13.6. The smallest absolute Gasteiger partial charge is 0.152 e. The van der Waals surface area contributed by atoms with E-state index in [1.807, 2.05) is 0 Å². The number of rotatable bonds is 5. The molecule has 0 aliphatic carbocycles. The maximum atomic E-state index is 11.5. The molecule has 2 aliphatic heterocycles. The van der Waals surface area contributed by atoms with Gasteiger partial charge in [-0.25, -0.2) is 8.42 Å². The topological polar surface area (TPSA) is 49.9 Å². The van der Waals surface area contributed by atoms with Crippen molar-refractivity contribution in [1.29, 1.82) is 0 Å². The standard InChI is InChI=1S/C14H28N2O3S/c1-13(2)19-10-7-15-5-3-14(4-6-15)16-8-11-20(17,18)12-9-16/h13-14H,3-12H2,1-2H3. The largest absolute Gasteiger partial charge is 0.377 e. The molecule has 2 rings (SSSR count). The van der Waals surface area contributed by atoms with Gasteiger partial charge in [-0.1, -0.05) is 0 Å². The summed E-state index contributed by atoms with van der Waals surface area (Å²) in [6.07, 6.45) is 2.62. The number of likely N-dealkylation sites (tertiary alicyclic amines) is 1. The lowest BCUT2D eigenvalue weighted by Crippen LogP contribution is -2.50. The minimum atomic E-state index is -2.75. The van der Waals surface area contributed by atoms with Gasteiger partial charge in [0.15, 0.2) is 9.84 Å². The summed E-state index contributed by atoms with van der Waals surface area (Å²) < 4.78 is 28.5. The van der Waals surface area contributed by atoms with E-state index in [2.05, 4.69) is 23.6 Å². The molecule has 0 aromatic rings. The summed E-state index contributed by atoms with van der Waals surface area (Å²) in [6, 6.07) is 0.577. The Morgan fingerprint density at radius 3 is 2.25 bits per heavy atom. The number of piperidine rings is 1. The molecule has 5 nitrogen and oxygen atoms in total. The third-order valence-corrected chi connectivity index (χ3v) is 5.92. The number of hydrogen-bond donors (Lipinski definition) is 0. The van der Waals surface area contributed by atoms with E-state index in [0.29, 0.717) is 23.7 Å². The van der Waals surface area contributed by atoms with E-state index in [-0.39, 0.29) is 0 Å². The van der Waals surface area contributed by atoms with Gasteiger partial charge in [0.2, 0.25) is 0 Å². The van der Waals surface area contributed by atoms with Crippen LogP contribution >= 0.6 is 0 Å². The Kier molecular flexibility index (Phi) is 5.84. The predicted octanol–water partition coefficient (Wildman–Crippen LogP) is 0.606. The molecule has 0 bridgehead atoms. The molecule has 2 saturated heterocycles. The van der Waals surface area contributed by atoms with E-state index in [1.54, 1.807) is 0 Å². The van der Waals surface area contributed by atoms with E-state index in [1.165, 1.54) is 0 Å². The van der Waals surface area contributed by atoms with Crippen LogP contribution in [0.25, 0.3) is 0 Å². The average molecular weight is 304 g/mol. The Labute approximate surface area is 123 Å². The van der Waals surface area contributed by atoms with E-state index in [9.17, 15) is 8.42 Å². The predicted molar refractivity (Wildman–Crippen MR) is 80.8 cm³/mol. The van der Waals surface area contributed by atoms with Crippen LogP contribution in [0.4, 0.5) is 0 Å². The lowest BCUT2D eigenvalue weighted by molar-refractivity contribution is 0.0443. The molecule has 0 radical (unpaired) electrons. The van der Waals surface area contributed by atoms with Gasteiger partial charge >= 0.3 is 0 Å². The van der Waals surface area contributed by atoms with Crippen LogP contribution in [0.3, 0.4) is 0 Å². The molecule has 6 heteroatoms. The van der Waals surface area contributed by atoms with Gasteiger partial charge in [0.1, 0.15) is 0 Å². The highest BCUT2D eigenvalue weighted by atomic mass is 32.2. The average Bonchev–Trinajstić information content (AvgIpc) is 2.39. The van der Waals surface area contributed by atoms with Crippen molar-refractivity contribution in [1.82, 2.24) is 9.80 Å². The Morgan fingerprint density at radius 1 is 1.10 bits per heavy atom. The van der Waals surface area contributed by atoms with Gasteiger partial charge in [0.25, 0.3) is 0 Å². The van der Waals surface area contributed by atoms with E-state index in [0.717, 1.165) is 52.2 Å². The second-order valence-corrected chi connectivity index (χ2v) is 8.48. The zero-order chi connectivity index (χ0) is 14.6. The molecule has 0 saturated carbocycles. The van der Waals surface area contributed by atoms with Crippen molar-refractivity contribution < 1.29 is 13.2 Å². The first-order valence-corrected chi connectivity index (χ1v) is 9.57. The quantitative estimate of drug-likeness (QED) is 0.745. The molecule has 20 heavy (non-hydrogen) atoms. The molecular weight excluding hydrogens is 276 g/mol. The molecule has 0 N–H and O–H groups in total. The zero-order valence-electron chi connectivity index (χ0n) is 12.8. The normalized spacial score (nSPS) is 26.1. The van der Waals surface area contributed by atoms with Crippen LogP contribution in [0.5, 0.6) is 0 Å². The third kappa shape index (κ3) is 4.98. The Morgan fingerprint density at radius 2 is 1.70 bits per heavy atom. The van der Waals surface area contributed by atoms with Gasteiger partial charge in [-0.2, -0.15) is 0 Å². The van der Waals surface area contributed by atoms with Crippen LogP contribution in [0.1, 0.15) is 26.7 Å². The minimum Gasteiger partial charge on any atom is -0.377 e. The van der Waals surface area contributed by atoms with Crippen LogP contribution in [-0.4, -0.2) is 81.2 Å². The maximum absolute atomic E-state index is 11.5. The first-order valence-electron chi connectivity index (χ1n) is 7.75. The number of ether oxygens (including phenoxy) is 1. The fourth-order valence-electron chi connectivity index (χ4n) is 3.02. The maximum Gasteiger partial charge on any atom is 0.152 e. The number of nitrogens with zero attached hydrogens (tertiary/aromatic N) is 2. The highest BCUT2D eigenvalue weighted by Gasteiger charge is 2.29. The molecule has 0 aromatic carbocycles. The molecule has 118 valence electrons. The fraction of sp³-hybridized carbons (Fsp3) is 1.00. The van der Waals surface area contributed by atoms with Crippen molar-refractivity contribution in [3.63, 3.8) is 0 Å². The van der Waals surface area contributed by atoms with Crippen molar-refractivity contribution >= 4 is 9.84 Å². The summed E-state index contributed by atoms with van der Waals surface area (Å²) in [4.78, 5) is 4.84. The first kappa shape index (κ1) is 16.2. The van der Waals surface area contributed by atoms with Gasteiger partial charge in [-0.05, 0) is 39.8 Å². The SMILES string of the molecule is CC(C)OCCN1CCC(N2CCS(=O)(=O)CC2)CC1. The first-order chi connectivity index (χ1) is 9.46. The third-order valence-electron chi connectivity index (χ3n) is 4.31. The lowest BCUT2D eigenvalue weighted by Gasteiger charge is -2.40. The molecule has 0 amide bonds. The van der Waals surface area contributed by atoms with E-state index in [4.69, 9.17) is 4.74 Å². The van der Waals surface area contributed by atoms with Gasteiger partial charge in [-0.3, -0.25) is 4.90 Å². The molecule has 2 heterocycles. The number of hydrogen-bond acceptors (Lipinski definition) is 5. The Hall–Kier alpha value is -0.170. The second kappa shape index (κ2) is 7.20. The summed E-state index contributed by atoms with van der Waals surface area (Å²) in [5.41, 5.74) is 0. The molecule has 2 aliphatic rings. The highest BCUT2D eigenvalue weighted by molar-refractivity contribution is 7.91. The van der Waals surface area contributed by atoms with Crippen LogP contribution in [0.2, 0.25) is 0 Å². The fourth-order valence-corrected chi connectivity index (χ4v) is 4.25. The monoisotopic (exact) mass is 304 g/mol. The van der Waals surface area contributed by atoms with Crippen LogP contribution in [0, 0.1) is 0 Å². The van der Waals surface area contributed by atoms with Gasteiger partial charge < -0.3 is 9.64 Å². The number of sulfone groups is 1. The minimum absolute atomic E-state index is 0.308. The van der Waals surface area contributed by atoms with Crippen LogP contribution < -0.4 is 0 Å². The van der Waals surface area contributed by atoms with Crippen molar-refractivity contribution in [2.75, 3.05) is 50.8 Å². The van der Waals surface area contributed by atoms with Crippen molar-refractivity contribution in [2.24, 2.45) is 0 Å². The summed E-state index contributed by atoms with van der Waals surface area (Å²) >= 11 is 0. The van der Waals surface area contributed by atoms with Crippen molar-refractivity contribution in [3.8, 4) is 0 Å². The van der Waals surface area contributed by atoms with Crippen LogP contribution in [0.15, 0.2) is 0 Å².